The van der Waals surface area contributed by atoms with Gasteiger partial charge in [-0.05, 0) is 26.2 Å². The maximum Gasteiger partial charge on any atom is 0.0822 e. The third-order valence-corrected chi connectivity index (χ3v) is 2.43. The number of hydrogen-bond acceptors (Lipinski definition) is 0. The Kier molecular flexibility index (Phi) is 25.0. The van der Waals surface area contributed by atoms with E-state index in [0.717, 1.165) is 23.7 Å². The van der Waals surface area contributed by atoms with Crippen molar-refractivity contribution in [2.45, 2.75) is 65.7 Å². The summed E-state index contributed by atoms with van der Waals surface area (Å²) in [5.74, 6) is 0. The van der Waals surface area contributed by atoms with Crippen LogP contribution in [-0.2, 0) is 5.11 Å². The standard InChI is InChI=1S/C9H22N.C5H11O.C3H6/c1-5-6-7-8-9-10(2,3)4;1-2-3-4-5-6;1-3-2/h5-9H2,1-4H3;2-5H2,1H3;3H,1H2,2H3/q+1;;. The van der Waals surface area contributed by atoms with Crippen LogP contribution in [-0.4, -0.2) is 38.8 Å². The van der Waals surface area contributed by atoms with E-state index in [1.165, 1.54) is 32.2 Å². The first-order valence-corrected chi connectivity index (χ1v) is 7.85. The molecule has 0 amide bonds. The quantitative estimate of drug-likeness (QED) is 0.334. The van der Waals surface area contributed by atoms with Crippen molar-refractivity contribution < 1.29 is 9.59 Å². The molecule has 0 aromatic carbocycles. The van der Waals surface area contributed by atoms with Crippen molar-refractivity contribution in [3.8, 4) is 0 Å². The van der Waals surface area contributed by atoms with Crippen LogP contribution in [0.15, 0.2) is 12.7 Å². The molecule has 0 heterocycles. The lowest BCUT2D eigenvalue weighted by Gasteiger charge is -2.23. The summed E-state index contributed by atoms with van der Waals surface area (Å²) < 4.78 is 1.11. The lowest BCUT2D eigenvalue weighted by Crippen LogP contribution is -2.35. The summed E-state index contributed by atoms with van der Waals surface area (Å²) in [6, 6.07) is 0. The number of hydrogen-bond donors (Lipinski definition) is 0. The van der Waals surface area contributed by atoms with Crippen LogP contribution in [0.3, 0.4) is 0 Å². The van der Waals surface area contributed by atoms with E-state index in [-0.39, 0.29) is 6.61 Å². The summed E-state index contributed by atoms with van der Waals surface area (Å²) in [7, 11) is 6.77. The van der Waals surface area contributed by atoms with Crippen LogP contribution >= 0.6 is 0 Å². The van der Waals surface area contributed by atoms with Gasteiger partial charge in [0.25, 0.3) is 0 Å². The van der Waals surface area contributed by atoms with Gasteiger partial charge in [0.1, 0.15) is 0 Å². The lowest BCUT2D eigenvalue weighted by atomic mass is 10.2. The molecule has 0 aromatic rings. The molecule has 117 valence electrons. The first-order chi connectivity index (χ1) is 8.89. The smallest absolute Gasteiger partial charge is 0.0822 e. The second kappa shape index (κ2) is 20.0. The largest absolute Gasteiger partial charge is 0.331 e. The van der Waals surface area contributed by atoms with Gasteiger partial charge in [-0.15, -0.1) is 6.58 Å². The van der Waals surface area contributed by atoms with E-state index >= 15 is 0 Å². The number of unbranched alkanes of at least 4 members (excludes halogenated alkanes) is 5. The molecule has 0 saturated heterocycles. The first kappa shape index (κ1) is 23.7. The van der Waals surface area contributed by atoms with Gasteiger partial charge in [0.05, 0.1) is 34.3 Å². The summed E-state index contributed by atoms with van der Waals surface area (Å²) in [5, 5.41) is 9.69. The number of rotatable bonds is 8. The van der Waals surface area contributed by atoms with E-state index in [1.807, 2.05) is 6.92 Å². The Balaban J connectivity index is -0.000000242. The van der Waals surface area contributed by atoms with Crippen molar-refractivity contribution in [2.24, 2.45) is 0 Å². The second-order valence-corrected chi connectivity index (χ2v) is 5.89. The van der Waals surface area contributed by atoms with Crippen molar-refractivity contribution in [3.05, 3.63) is 12.7 Å². The molecule has 0 aliphatic heterocycles. The molecule has 0 atom stereocenters. The van der Waals surface area contributed by atoms with Crippen LogP contribution in [0.2, 0.25) is 0 Å². The zero-order valence-electron chi connectivity index (χ0n) is 14.5. The van der Waals surface area contributed by atoms with E-state index < -0.39 is 0 Å². The van der Waals surface area contributed by atoms with E-state index in [4.69, 9.17) is 0 Å². The predicted molar refractivity (Wildman–Crippen MR) is 88.0 cm³/mol. The van der Waals surface area contributed by atoms with Crippen molar-refractivity contribution in [2.75, 3.05) is 34.3 Å². The van der Waals surface area contributed by atoms with Gasteiger partial charge in [0.2, 0.25) is 0 Å². The van der Waals surface area contributed by atoms with Gasteiger partial charge < -0.3 is 4.48 Å². The van der Waals surface area contributed by atoms with Crippen LogP contribution in [0.5, 0.6) is 0 Å². The topological polar surface area (TPSA) is 19.9 Å². The summed E-state index contributed by atoms with van der Waals surface area (Å²) >= 11 is 0. The third kappa shape index (κ3) is 46.4. The van der Waals surface area contributed by atoms with Crippen LogP contribution < -0.4 is 0 Å². The fourth-order valence-electron chi connectivity index (χ4n) is 1.36. The Bertz CT molecular complexity index is 146. The Labute approximate surface area is 123 Å². The minimum absolute atomic E-state index is 0.105. The average molecular weight is 274 g/mol. The number of nitrogens with zero attached hydrogens (tertiary/aromatic N) is 1. The molecule has 0 fully saturated rings. The molecule has 0 rings (SSSR count). The zero-order chi connectivity index (χ0) is 15.6. The Morgan fingerprint density at radius 2 is 1.32 bits per heavy atom. The van der Waals surface area contributed by atoms with Gasteiger partial charge >= 0.3 is 0 Å². The fraction of sp³-hybridized carbons (Fsp3) is 0.882. The molecule has 2 nitrogen and oxygen atoms in total. The summed E-state index contributed by atoms with van der Waals surface area (Å²) in [5.41, 5.74) is 0. The SMILES string of the molecule is C=CC.CCCCCC[N+](C)(C)C.CCCCC[O]. The maximum atomic E-state index is 9.69. The highest BCUT2D eigenvalue weighted by Gasteiger charge is 2.04. The lowest BCUT2D eigenvalue weighted by molar-refractivity contribution is -0.870. The molecular formula is C17H39NO+. The molecule has 0 saturated carbocycles. The highest BCUT2D eigenvalue weighted by molar-refractivity contribution is 4.51. The summed E-state index contributed by atoms with van der Waals surface area (Å²) in [6.07, 6.45) is 10.4. The molecule has 0 N–H and O–H groups in total. The van der Waals surface area contributed by atoms with Crippen molar-refractivity contribution in [3.63, 3.8) is 0 Å². The van der Waals surface area contributed by atoms with Gasteiger partial charge in [0, 0.05) is 0 Å². The molecule has 0 unspecified atom stereocenters. The molecule has 0 bridgehead atoms. The van der Waals surface area contributed by atoms with Gasteiger partial charge in [0.15, 0.2) is 0 Å². The van der Waals surface area contributed by atoms with Crippen LogP contribution in [0, 0.1) is 0 Å². The highest BCUT2D eigenvalue weighted by atomic mass is 16.2. The highest BCUT2D eigenvalue weighted by Crippen LogP contribution is 2.02. The average Bonchev–Trinajstić information content (AvgIpc) is 2.33. The molecule has 2 heteroatoms. The van der Waals surface area contributed by atoms with Crippen molar-refractivity contribution in [1.82, 2.24) is 0 Å². The molecule has 0 spiro atoms. The molecule has 0 aliphatic rings. The molecular weight excluding hydrogens is 234 g/mol. The Hall–Kier alpha value is -0.340. The zero-order valence-corrected chi connectivity index (χ0v) is 14.5. The molecule has 1 radical (unpaired) electrons. The number of quaternary nitrogens is 1. The predicted octanol–water partition coefficient (Wildman–Crippen LogP) is 5.07. The molecule has 0 aliphatic carbocycles. The maximum absolute atomic E-state index is 9.69. The van der Waals surface area contributed by atoms with Gasteiger partial charge in [-0.25, -0.2) is 5.11 Å². The normalized spacial score (nSPS) is 9.84. The van der Waals surface area contributed by atoms with Gasteiger partial charge in [-0.2, -0.15) is 0 Å². The van der Waals surface area contributed by atoms with Gasteiger partial charge in [-0.3, -0.25) is 0 Å². The van der Waals surface area contributed by atoms with Crippen molar-refractivity contribution in [1.29, 1.82) is 0 Å². The van der Waals surface area contributed by atoms with E-state index in [0.29, 0.717) is 0 Å². The molecule has 0 aromatic heterocycles. The van der Waals surface area contributed by atoms with E-state index in [9.17, 15) is 5.11 Å². The van der Waals surface area contributed by atoms with Crippen LogP contribution in [0.25, 0.3) is 0 Å². The van der Waals surface area contributed by atoms with Crippen LogP contribution in [0.4, 0.5) is 0 Å². The first-order valence-electron chi connectivity index (χ1n) is 7.85. The van der Waals surface area contributed by atoms with Gasteiger partial charge in [-0.1, -0.05) is 45.6 Å². The van der Waals surface area contributed by atoms with Crippen molar-refractivity contribution >= 4 is 0 Å². The van der Waals surface area contributed by atoms with Crippen LogP contribution in [0.1, 0.15) is 65.7 Å². The monoisotopic (exact) mass is 273 g/mol. The Morgan fingerprint density at radius 3 is 1.58 bits per heavy atom. The van der Waals surface area contributed by atoms with E-state index in [2.05, 4.69) is 41.6 Å². The number of allylic oxidation sites excluding steroid dienone is 1. The van der Waals surface area contributed by atoms with E-state index in [1.54, 1.807) is 6.08 Å². The third-order valence-electron chi connectivity index (χ3n) is 2.43. The minimum Gasteiger partial charge on any atom is -0.331 e. The second-order valence-electron chi connectivity index (χ2n) is 5.89. The fourth-order valence-corrected chi connectivity index (χ4v) is 1.36. The summed E-state index contributed by atoms with van der Waals surface area (Å²) in [4.78, 5) is 0. The molecule has 19 heavy (non-hydrogen) atoms. The minimum atomic E-state index is 0.105. The summed E-state index contributed by atoms with van der Waals surface area (Å²) in [6.45, 7) is 11.0. The Morgan fingerprint density at radius 1 is 0.895 bits per heavy atom.